The van der Waals surface area contributed by atoms with Crippen molar-refractivity contribution >= 4 is 42.3 Å². The van der Waals surface area contributed by atoms with Gasteiger partial charge in [-0.15, -0.1) is 0 Å². The van der Waals surface area contributed by atoms with Gasteiger partial charge >= 0.3 is 348 Å². The molecule has 0 fully saturated rings. The number of hydrogen-bond donors (Lipinski definition) is 0. The van der Waals surface area contributed by atoms with Crippen LogP contribution in [0.15, 0.2) is 97.1 Å². The van der Waals surface area contributed by atoms with Gasteiger partial charge in [-0.05, 0) is 0 Å². The zero-order valence-corrected chi connectivity index (χ0v) is 34.7. The van der Waals surface area contributed by atoms with E-state index in [9.17, 15) is 52.7 Å². The quantitative estimate of drug-likeness (QED) is 0.105. The van der Waals surface area contributed by atoms with E-state index in [4.69, 9.17) is 0 Å². The van der Waals surface area contributed by atoms with Gasteiger partial charge in [-0.25, -0.2) is 0 Å². The average molecular weight is 930 g/mol. The van der Waals surface area contributed by atoms with Gasteiger partial charge in [0.2, 0.25) is 0 Å². The molecule has 6 aromatic rings. The molecule has 14 heteroatoms. The molecule has 0 unspecified atom stereocenters. The van der Waals surface area contributed by atoms with Gasteiger partial charge in [0.05, 0.1) is 0 Å². The topological polar surface area (TPSA) is 0 Å². The van der Waals surface area contributed by atoms with Crippen LogP contribution in [0, 0.1) is 0 Å². The van der Waals surface area contributed by atoms with Crippen LogP contribution in [0.2, 0.25) is 0 Å². The number of fused-ring (bicyclic) bond motifs is 7. The molecule has 318 valence electrons. The Morgan fingerprint density at radius 1 is 0.467 bits per heavy atom. The van der Waals surface area contributed by atoms with E-state index in [-0.39, 0.29) is 46.7 Å². The summed E-state index contributed by atoms with van der Waals surface area (Å²) >= 11 is 4.33. The van der Waals surface area contributed by atoms with Crippen molar-refractivity contribution in [2.24, 2.45) is 0 Å². The van der Waals surface area contributed by atoms with Crippen LogP contribution in [0.1, 0.15) is 72.9 Å². The second kappa shape index (κ2) is 15.4. The summed E-state index contributed by atoms with van der Waals surface area (Å²) in [6.45, 7) is 3.94. The Balaban J connectivity index is 1.74. The molecule has 0 saturated carbocycles. The first-order valence-electron chi connectivity index (χ1n) is 19.3. The van der Waals surface area contributed by atoms with E-state index in [1.807, 2.05) is 13.8 Å². The number of rotatable bonds is 8. The van der Waals surface area contributed by atoms with Crippen LogP contribution in [0.4, 0.5) is 52.7 Å². The van der Waals surface area contributed by atoms with Crippen molar-refractivity contribution in [1.82, 2.24) is 0 Å². The van der Waals surface area contributed by atoms with Crippen molar-refractivity contribution in [3.8, 4) is 33.4 Å². The maximum absolute atomic E-state index is 14.4. The van der Waals surface area contributed by atoms with E-state index in [0.29, 0.717) is 106 Å². The molecule has 6 aromatic carbocycles. The van der Waals surface area contributed by atoms with Crippen molar-refractivity contribution < 1.29 is 52.7 Å². The fourth-order valence-corrected chi connectivity index (χ4v) is 17.2. The normalized spacial score (nSPS) is 16.2. The molecule has 0 aromatic heterocycles. The first kappa shape index (κ1) is 44.0. The van der Waals surface area contributed by atoms with Gasteiger partial charge in [-0.2, -0.15) is 0 Å². The van der Waals surface area contributed by atoms with E-state index >= 15 is 0 Å². The molecule has 0 amide bonds. The zero-order valence-electron chi connectivity index (χ0n) is 32.3. The van der Waals surface area contributed by atoms with Gasteiger partial charge in [0.15, 0.2) is 0 Å². The Bertz CT molecular complexity index is 2370. The first-order valence-corrected chi connectivity index (χ1v) is 24.3. The second-order valence-corrected chi connectivity index (χ2v) is 27.1. The minimum absolute atomic E-state index is 0.0789. The molecule has 1 heterocycles. The second-order valence-electron chi connectivity index (χ2n) is 15.9. The standard InChI is InChI=1S/C46H38BrF12P/c1-3-5-15-60(47,16-6-4-2)25-39-37(29-17-31(43(48,49)50)23-32(18-29)44(51,52)53)21-27-11-7-9-13-35(27)41(39)42-36-14-10-8-12-28(36)22-38(40(42)26-60)30-19-33(45(54,55)56)24-34(20-30)46(57,58)59/h7-14,17-24H,3-6,15-16,25-26H2,1-2H3. The number of benzene rings is 6. The summed E-state index contributed by atoms with van der Waals surface area (Å²) in [7, 11) is 0. The van der Waals surface area contributed by atoms with Crippen molar-refractivity contribution in [2.45, 2.75) is 76.6 Å². The van der Waals surface area contributed by atoms with Crippen molar-refractivity contribution in [1.29, 1.82) is 0 Å². The van der Waals surface area contributed by atoms with Crippen LogP contribution in [0.25, 0.3) is 54.9 Å². The summed E-state index contributed by atoms with van der Waals surface area (Å²) < 4.78 is 173. The Labute approximate surface area is 346 Å². The Morgan fingerprint density at radius 2 is 0.783 bits per heavy atom. The molecule has 0 N–H and O–H groups in total. The summed E-state index contributed by atoms with van der Waals surface area (Å²) in [6.07, 6.45) is -16.4. The molecular formula is C46H38BrF12P. The van der Waals surface area contributed by atoms with Gasteiger partial charge in [0.1, 0.15) is 0 Å². The molecule has 0 bridgehead atoms. The zero-order chi connectivity index (χ0) is 43.7. The van der Waals surface area contributed by atoms with Gasteiger partial charge < -0.3 is 0 Å². The maximum atomic E-state index is 14.4. The number of hydrogen-bond acceptors (Lipinski definition) is 0. The van der Waals surface area contributed by atoms with Gasteiger partial charge in [0, 0.05) is 0 Å². The molecule has 1 aliphatic rings. The van der Waals surface area contributed by atoms with Crippen molar-refractivity contribution in [3.63, 3.8) is 0 Å². The number of alkyl halides is 12. The van der Waals surface area contributed by atoms with Crippen molar-refractivity contribution in [2.75, 3.05) is 12.3 Å². The average Bonchev–Trinajstić information content (AvgIpc) is 3.30. The fourth-order valence-electron chi connectivity index (χ4n) is 8.80. The van der Waals surface area contributed by atoms with Gasteiger partial charge in [0.25, 0.3) is 0 Å². The number of halogens is 13. The monoisotopic (exact) mass is 928 g/mol. The van der Waals surface area contributed by atoms with E-state index in [2.05, 4.69) is 15.5 Å². The van der Waals surface area contributed by atoms with Crippen LogP contribution in [0.5, 0.6) is 0 Å². The summed E-state index contributed by atoms with van der Waals surface area (Å²) in [6, 6.07) is 19.9. The van der Waals surface area contributed by atoms with Gasteiger partial charge in [-0.3, -0.25) is 0 Å². The molecule has 0 atom stereocenters. The summed E-state index contributed by atoms with van der Waals surface area (Å²) in [4.78, 5) is 0. The van der Waals surface area contributed by atoms with E-state index in [0.717, 1.165) is 0 Å². The number of unbranched alkanes of at least 4 members (excludes halogenated alkanes) is 2. The summed E-state index contributed by atoms with van der Waals surface area (Å²) in [5.41, 5.74) is -4.50. The molecule has 0 saturated heterocycles. The van der Waals surface area contributed by atoms with Crippen LogP contribution < -0.4 is 0 Å². The predicted molar refractivity (Wildman–Crippen MR) is 221 cm³/mol. The van der Waals surface area contributed by atoms with E-state index in [1.165, 1.54) is 0 Å². The van der Waals surface area contributed by atoms with Crippen LogP contribution in [0.3, 0.4) is 0 Å². The Hall–Kier alpha value is -4.09. The summed E-state index contributed by atoms with van der Waals surface area (Å²) in [5, 5.41) is -1.50. The Kier molecular flexibility index (Phi) is 11.3. The van der Waals surface area contributed by atoms with E-state index < -0.39 is 52.3 Å². The SMILES string of the molecule is CCCCP1(Br)(CCCC)Cc2c(-c3cc(C(F)(F)F)cc(C(F)(F)F)c3)cc3ccccc3c2-c2c(c(-c3cc(C(F)(F)F)cc(C(F)(F)F)c3)cc3ccccc23)C1. The third-order valence-electron chi connectivity index (χ3n) is 11.6. The minimum atomic E-state index is -5.14. The molecular weight excluding hydrogens is 891 g/mol. The molecule has 0 spiro atoms. The third kappa shape index (κ3) is 8.42. The van der Waals surface area contributed by atoms with E-state index in [1.54, 1.807) is 60.7 Å². The molecule has 60 heavy (non-hydrogen) atoms. The molecule has 0 radical (unpaired) electrons. The molecule has 0 aliphatic carbocycles. The van der Waals surface area contributed by atoms with Gasteiger partial charge in [-0.1, -0.05) is 0 Å². The fraction of sp³-hybridized carbons (Fsp3) is 0.304. The van der Waals surface area contributed by atoms with Crippen LogP contribution >= 0.6 is 20.8 Å². The molecule has 1 aliphatic heterocycles. The predicted octanol–water partition coefficient (Wildman–Crippen LogP) is 17.5. The van der Waals surface area contributed by atoms with Crippen LogP contribution in [-0.2, 0) is 37.0 Å². The molecule has 7 rings (SSSR count). The molecule has 0 nitrogen and oxygen atoms in total. The summed E-state index contributed by atoms with van der Waals surface area (Å²) in [5.74, 6) is 0. The first-order chi connectivity index (χ1) is 27.9. The van der Waals surface area contributed by atoms with Crippen molar-refractivity contribution in [3.05, 3.63) is 130 Å². The third-order valence-corrected chi connectivity index (χ3v) is 20.3. The van der Waals surface area contributed by atoms with Crippen LogP contribution in [-0.4, -0.2) is 12.3 Å². The Morgan fingerprint density at radius 3 is 1.08 bits per heavy atom.